The lowest BCUT2D eigenvalue weighted by molar-refractivity contribution is 0.112. The van der Waals surface area contributed by atoms with Crippen LogP contribution in [0.25, 0.3) is 10.8 Å². The number of phosphoric ester groups is 1. The normalized spacial score (nSPS) is 11.4. The second kappa shape index (κ2) is 7.59. The van der Waals surface area contributed by atoms with Crippen molar-refractivity contribution in [2.24, 2.45) is 0 Å². The number of fused-ring (bicyclic) bond motifs is 1. The van der Waals surface area contributed by atoms with Crippen molar-refractivity contribution in [3.05, 3.63) is 35.9 Å². The molecule has 0 saturated carbocycles. The van der Waals surface area contributed by atoms with Gasteiger partial charge in [0.05, 0.1) is 20.3 Å². The lowest BCUT2D eigenvalue weighted by Crippen LogP contribution is -2.03. The predicted octanol–water partition coefficient (Wildman–Crippen LogP) is 4.22. The number of carbonyl (C=O) groups is 1. The van der Waals surface area contributed by atoms with Crippen LogP contribution >= 0.6 is 7.82 Å². The maximum atomic E-state index is 12.6. The third-order valence-corrected chi connectivity index (χ3v) is 4.70. The number of benzene rings is 2. The van der Waals surface area contributed by atoms with Crippen LogP contribution < -0.4 is 9.26 Å². The Kier molecular flexibility index (Phi) is 5.77. The van der Waals surface area contributed by atoms with Gasteiger partial charge in [-0.2, -0.15) is 0 Å². The molecule has 23 heavy (non-hydrogen) atoms. The van der Waals surface area contributed by atoms with Crippen molar-refractivity contribution >= 4 is 24.9 Å². The summed E-state index contributed by atoms with van der Waals surface area (Å²) in [6, 6.07) is 8.44. The summed E-state index contributed by atoms with van der Waals surface area (Å²) in [7, 11) is -2.22. The second-order valence-corrected chi connectivity index (χ2v) is 6.12. The van der Waals surface area contributed by atoms with Crippen LogP contribution in [0.4, 0.5) is 0 Å². The van der Waals surface area contributed by atoms with E-state index in [0.717, 1.165) is 0 Å². The van der Waals surface area contributed by atoms with E-state index < -0.39 is 7.82 Å². The van der Waals surface area contributed by atoms with Gasteiger partial charge in [-0.25, -0.2) is 4.57 Å². The van der Waals surface area contributed by atoms with E-state index in [9.17, 15) is 9.36 Å². The lowest BCUT2D eigenvalue weighted by Gasteiger charge is -2.19. The van der Waals surface area contributed by atoms with E-state index in [1.54, 1.807) is 44.2 Å². The Bertz CT molecular complexity index is 733. The van der Waals surface area contributed by atoms with E-state index in [-0.39, 0.29) is 19.0 Å². The molecule has 0 unspecified atom stereocenters. The van der Waals surface area contributed by atoms with Crippen LogP contribution in [0, 0.1) is 0 Å². The monoisotopic (exact) mass is 338 g/mol. The van der Waals surface area contributed by atoms with Gasteiger partial charge in [0.15, 0.2) is 6.29 Å². The maximum Gasteiger partial charge on any atom is 0.530 e. The molecule has 0 bridgehead atoms. The molecule has 0 radical (unpaired) electrons. The molecule has 2 aromatic carbocycles. The molecule has 2 rings (SSSR count). The number of hydrogen-bond acceptors (Lipinski definition) is 6. The van der Waals surface area contributed by atoms with Crippen molar-refractivity contribution in [2.45, 2.75) is 13.8 Å². The van der Waals surface area contributed by atoms with Crippen LogP contribution in [0.5, 0.6) is 11.5 Å². The highest BCUT2D eigenvalue weighted by molar-refractivity contribution is 7.48. The minimum Gasteiger partial charge on any atom is -0.496 e. The zero-order valence-electron chi connectivity index (χ0n) is 13.3. The van der Waals surface area contributed by atoms with Crippen LogP contribution in [0.15, 0.2) is 30.3 Å². The summed E-state index contributed by atoms with van der Waals surface area (Å²) in [5, 5.41) is 1.18. The molecular weight excluding hydrogens is 319 g/mol. The third-order valence-electron chi connectivity index (χ3n) is 3.13. The molecule has 7 heteroatoms. The number of aldehydes is 1. The molecule has 0 amide bonds. The molecule has 2 aromatic rings. The Morgan fingerprint density at radius 1 is 1.04 bits per heavy atom. The summed E-state index contributed by atoms with van der Waals surface area (Å²) in [4.78, 5) is 11.4. The highest BCUT2D eigenvalue weighted by atomic mass is 31.2. The molecule has 0 heterocycles. The van der Waals surface area contributed by atoms with Gasteiger partial charge in [-0.3, -0.25) is 13.8 Å². The van der Waals surface area contributed by atoms with Gasteiger partial charge in [-0.1, -0.05) is 12.1 Å². The molecule has 0 spiro atoms. The molecular formula is C16H19O6P. The van der Waals surface area contributed by atoms with Crippen LogP contribution in [0.1, 0.15) is 24.2 Å². The summed E-state index contributed by atoms with van der Waals surface area (Å²) < 4.78 is 33.7. The van der Waals surface area contributed by atoms with Gasteiger partial charge in [0, 0.05) is 16.3 Å². The van der Waals surface area contributed by atoms with Crippen LogP contribution in [0.3, 0.4) is 0 Å². The van der Waals surface area contributed by atoms with Crippen molar-refractivity contribution in [1.82, 2.24) is 0 Å². The number of ether oxygens (including phenoxy) is 1. The standard InChI is InChI=1S/C16H19O6P/c1-4-20-23(18,21-5-2)22-15-8-6-7-13-14(19-3)10-9-12(11-17)16(13)15/h6-11H,4-5H2,1-3H3. The van der Waals surface area contributed by atoms with Gasteiger partial charge in [0.1, 0.15) is 11.5 Å². The first-order valence-corrected chi connectivity index (χ1v) is 8.68. The summed E-state index contributed by atoms with van der Waals surface area (Å²) >= 11 is 0. The maximum absolute atomic E-state index is 12.6. The molecule has 0 aliphatic heterocycles. The van der Waals surface area contributed by atoms with Crippen molar-refractivity contribution in [2.75, 3.05) is 20.3 Å². The summed E-state index contributed by atoms with van der Waals surface area (Å²) in [5.74, 6) is 0.826. The molecule has 0 aromatic heterocycles. The summed E-state index contributed by atoms with van der Waals surface area (Å²) in [6.07, 6.45) is 0.709. The van der Waals surface area contributed by atoms with Crippen molar-refractivity contribution < 1.29 is 27.7 Å². The Morgan fingerprint density at radius 2 is 1.74 bits per heavy atom. The molecule has 0 N–H and O–H groups in total. The average molecular weight is 338 g/mol. The van der Waals surface area contributed by atoms with E-state index in [1.807, 2.05) is 0 Å². The Morgan fingerprint density at radius 3 is 2.30 bits per heavy atom. The third kappa shape index (κ3) is 3.72. The Hall–Kier alpha value is -1.88. The van der Waals surface area contributed by atoms with E-state index in [0.29, 0.717) is 28.4 Å². The van der Waals surface area contributed by atoms with Gasteiger partial charge in [-0.05, 0) is 32.0 Å². The van der Waals surface area contributed by atoms with Gasteiger partial charge >= 0.3 is 7.82 Å². The van der Waals surface area contributed by atoms with Crippen LogP contribution in [-0.2, 0) is 13.6 Å². The van der Waals surface area contributed by atoms with Crippen LogP contribution in [-0.4, -0.2) is 26.6 Å². The van der Waals surface area contributed by atoms with E-state index in [2.05, 4.69) is 0 Å². The zero-order chi connectivity index (χ0) is 16.9. The summed E-state index contributed by atoms with van der Waals surface area (Å²) in [6.45, 7) is 3.73. The molecule has 0 atom stereocenters. The van der Waals surface area contributed by atoms with Crippen LogP contribution in [0.2, 0.25) is 0 Å². The van der Waals surface area contributed by atoms with E-state index in [1.165, 1.54) is 7.11 Å². The topological polar surface area (TPSA) is 71.1 Å². The fourth-order valence-corrected chi connectivity index (χ4v) is 3.46. The SMILES string of the molecule is CCOP(=O)(OCC)Oc1cccc2c(OC)ccc(C=O)c12. The zero-order valence-corrected chi connectivity index (χ0v) is 14.2. The minimum atomic E-state index is -3.76. The number of methoxy groups -OCH3 is 1. The summed E-state index contributed by atoms with van der Waals surface area (Å²) in [5.41, 5.74) is 0.399. The highest BCUT2D eigenvalue weighted by Crippen LogP contribution is 2.51. The molecule has 0 saturated heterocycles. The number of carbonyl (C=O) groups excluding carboxylic acids is 1. The molecule has 0 fully saturated rings. The van der Waals surface area contributed by atoms with E-state index in [4.69, 9.17) is 18.3 Å². The van der Waals surface area contributed by atoms with Gasteiger partial charge < -0.3 is 9.26 Å². The van der Waals surface area contributed by atoms with Gasteiger partial charge in [-0.15, -0.1) is 0 Å². The number of phosphoric acid groups is 1. The van der Waals surface area contributed by atoms with Gasteiger partial charge in [0.2, 0.25) is 0 Å². The molecule has 0 aliphatic carbocycles. The fraction of sp³-hybridized carbons (Fsp3) is 0.312. The molecule has 0 aliphatic rings. The largest absolute Gasteiger partial charge is 0.530 e. The van der Waals surface area contributed by atoms with Crippen molar-refractivity contribution in [3.63, 3.8) is 0 Å². The van der Waals surface area contributed by atoms with E-state index >= 15 is 0 Å². The minimum absolute atomic E-state index is 0.173. The predicted molar refractivity (Wildman–Crippen MR) is 87.4 cm³/mol. The smallest absolute Gasteiger partial charge is 0.496 e. The fourth-order valence-electron chi connectivity index (χ4n) is 2.25. The average Bonchev–Trinajstić information content (AvgIpc) is 2.54. The number of rotatable bonds is 8. The van der Waals surface area contributed by atoms with Gasteiger partial charge in [0.25, 0.3) is 0 Å². The quantitative estimate of drug-likeness (QED) is 0.530. The first-order valence-electron chi connectivity index (χ1n) is 7.22. The van der Waals surface area contributed by atoms with Crippen molar-refractivity contribution in [3.8, 4) is 11.5 Å². The molecule has 6 nitrogen and oxygen atoms in total. The first-order chi connectivity index (χ1) is 11.1. The number of hydrogen-bond donors (Lipinski definition) is 0. The second-order valence-electron chi connectivity index (χ2n) is 4.53. The van der Waals surface area contributed by atoms with Crippen molar-refractivity contribution in [1.29, 1.82) is 0 Å². The lowest BCUT2D eigenvalue weighted by atomic mass is 10.0. The Balaban J connectivity index is 2.60. The Labute approximate surface area is 134 Å². The highest BCUT2D eigenvalue weighted by Gasteiger charge is 2.28. The first kappa shape index (κ1) is 17.5. The molecule has 124 valence electrons.